The normalized spacial score (nSPS) is 26.5. The standard InChI is InChI=1S/2C13H19.C4H8.2ClH.Zr/c2*1-3-10-8-9-11(4-2)13-7-5-6-12(10)13;1-3-4-2;;;/h2*6,8-9,12-13H,3-5,7H2,1-2H3;1-4H2;2*1H;/q2*-1;-2;;;+2/p-2. The molecular formula is C30H46Cl2Zr-4. The van der Waals surface area contributed by atoms with E-state index in [2.05, 4.69) is 78.7 Å². The van der Waals surface area contributed by atoms with Crippen LogP contribution in [0, 0.1) is 50.4 Å². The van der Waals surface area contributed by atoms with Crippen LogP contribution in [0.25, 0.3) is 0 Å². The molecule has 2 saturated carbocycles. The summed E-state index contributed by atoms with van der Waals surface area (Å²) in [6.45, 7) is 16.2. The molecule has 2 fully saturated rings. The first-order valence-electron chi connectivity index (χ1n) is 12.7. The summed E-state index contributed by atoms with van der Waals surface area (Å²) in [5.41, 5.74) is 6.66. The van der Waals surface area contributed by atoms with E-state index in [1.807, 2.05) is 0 Å². The minimum atomic E-state index is 0. The number of hydrogen-bond donors (Lipinski definition) is 0. The van der Waals surface area contributed by atoms with Gasteiger partial charge in [-0.15, -0.1) is 11.8 Å². The quantitative estimate of drug-likeness (QED) is 0.447. The number of hydrogen-bond acceptors (Lipinski definition) is 0. The second kappa shape index (κ2) is 19.6. The smallest absolute Gasteiger partial charge is 1.00 e. The van der Waals surface area contributed by atoms with Gasteiger partial charge < -0.3 is 51.5 Å². The van der Waals surface area contributed by atoms with Gasteiger partial charge in [0.2, 0.25) is 0 Å². The second-order valence-electron chi connectivity index (χ2n) is 8.98. The second-order valence-corrected chi connectivity index (χ2v) is 8.98. The SMILES string of the molecule is CCC1=CC=C(CC)C2CC[CH-]C12.CCC1=CC=C(CC)C2CC[CH-]C12.[CH2-]CC[CH2-].[Cl-].[Cl-].[Zr+2]. The summed E-state index contributed by atoms with van der Waals surface area (Å²) in [6.07, 6.45) is 26.8. The first-order chi connectivity index (χ1) is 14.6. The molecule has 0 spiro atoms. The first kappa shape index (κ1) is 35.6. The minimum Gasteiger partial charge on any atom is -1.00 e. The molecule has 4 aliphatic carbocycles. The Hall–Kier alpha value is 0.423. The Balaban J connectivity index is 0. The topological polar surface area (TPSA) is 0 Å². The van der Waals surface area contributed by atoms with Crippen molar-refractivity contribution in [3.05, 3.63) is 73.3 Å². The summed E-state index contributed by atoms with van der Waals surface area (Å²) < 4.78 is 0. The maximum atomic E-state index is 3.54. The van der Waals surface area contributed by atoms with Gasteiger partial charge in [0.25, 0.3) is 0 Å². The molecule has 0 aliphatic heterocycles. The Morgan fingerprint density at radius 1 is 0.636 bits per heavy atom. The Bertz CT molecular complexity index is 536. The van der Waals surface area contributed by atoms with Gasteiger partial charge in [0, 0.05) is 0 Å². The third-order valence-corrected chi connectivity index (χ3v) is 7.38. The molecule has 0 heterocycles. The van der Waals surface area contributed by atoms with Crippen molar-refractivity contribution < 1.29 is 51.0 Å². The van der Waals surface area contributed by atoms with Gasteiger partial charge in [-0.25, -0.2) is 12.8 Å². The molecule has 0 amide bonds. The van der Waals surface area contributed by atoms with E-state index in [1.54, 1.807) is 22.3 Å². The zero-order valence-corrected chi connectivity index (χ0v) is 25.5. The molecule has 4 unspecified atom stereocenters. The molecular weight excluding hydrogens is 522 g/mol. The Morgan fingerprint density at radius 3 is 1.21 bits per heavy atom. The van der Waals surface area contributed by atoms with Crippen LogP contribution in [0.3, 0.4) is 0 Å². The fourth-order valence-electron chi connectivity index (χ4n) is 5.61. The number of fused-ring (bicyclic) bond motifs is 2. The molecule has 0 aromatic rings. The van der Waals surface area contributed by atoms with Crippen molar-refractivity contribution in [2.24, 2.45) is 23.7 Å². The maximum absolute atomic E-state index is 3.54. The van der Waals surface area contributed by atoms with Gasteiger partial charge in [-0.3, -0.25) is 0 Å². The zero-order valence-electron chi connectivity index (χ0n) is 21.5. The van der Waals surface area contributed by atoms with Crippen molar-refractivity contribution in [3.8, 4) is 0 Å². The summed E-state index contributed by atoms with van der Waals surface area (Å²) in [6, 6.07) is 0. The van der Waals surface area contributed by atoms with Crippen molar-refractivity contribution in [1.82, 2.24) is 0 Å². The van der Waals surface area contributed by atoms with Crippen LogP contribution in [0.15, 0.2) is 46.6 Å². The summed E-state index contributed by atoms with van der Waals surface area (Å²) in [4.78, 5) is 0. The molecule has 3 heteroatoms. The molecule has 4 atom stereocenters. The zero-order chi connectivity index (χ0) is 21.9. The van der Waals surface area contributed by atoms with Crippen molar-refractivity contribution in [2.75, 3.05) is 0 Å². The van der Waals surface area contributed by atoms with Gasteiger partial charge in [-0.2, -0.15) is 12.8 Å². The Kier molecular flexibility index (Phi) is 21.1. The largest absolute Gasteiger partial charge is 2.00 e. The van der Waals surface area contributed by atoms with Gasteiger partial charge in [0.15, 0.2) is 0 Å². The van der Waals surface area contributed by atoms with Crippen LogP contribution in [0.5, 0.6) is 0 Å². The molecule has 33 heavy (non-hydrogen) atoms. The average Bonchev–Trinajstić information content (AvgIpc) is 3.48. The van der Waals surface area contributed by atoms with Crippen molar-refractivity contribution in [1.29, 1.82) is 0 Å². The Labute approximate surface area is 238 Å². The predicted molar refractivity (Wildman–Crippen MR) is 134 cm³/mol. The van der Waals surface area contributed by atoms with Crippen LogP contribution < -0.4 is 24.8 Å². The van der Waals surface area contributed by atoms with Crippen molar-refractivity contribution >= 4 is 0 Å². The molecule has 0 N–H and O–H groups in total. The third-order valence-electron chi connectivity index (χ3n) is 7.38. The van der Waals surface area contributed by atoms with Gasteiger partial charge in [0.1, 0.15) is 0 Å². The van der Waals surface area contributed by atoms with E-state index < -0.39 is 0 Å². The van der Waals surface area contributed by atoms with E-state index in [-0.39, 0.29) is 51.0 Å². The third kappa shape index (κ3) is 9.77. The van der Waals surface area contributed by atoms with Crippen LogP contribution in [0.2, 0.25) is 0 Å². The molecule has 0 bridgehead atoms. The molecule has 0 radical (unpaired) electrons. The molecule has 0 aromatic heterocycles. The van der Waals surface area contributed by atoms with Crippen molar-refractivity contribution in [3.63, 3.8) is 0 Å². The molecule has 0 saturated heterocycles. The van der Waals surface area contributed by atoms with Crippen LogP contribution in [-0.2, 0) is 26.2 Å². The first-order valence-corrected chi connectivity index (χ1v) is 12.7. The molecule has 4 rings (SSSR count). The average molecular weight is 569 g/mol. The van der Waals surface area contributed by atoms with E-state index >= 15 is 0 Å². The number of halogens is 2. The van der Waals surface area contributed by atoms with Crippen molar-refractivity contribution in [2.45, 2.75) is 91.9 Å². The van der Waals surface area contributed by atoms with Gasteiger partial charge >= 0.3 is 26.2 Å². The summed E-state index contributed by atoms with van der Waals surface area (Å²) >= 11 is 0. The van der Waals surface area contributed by atoms with Crippen LogP contribution in [0.4, 0.5) is 0 Å². The summed E-state index contributed by atoms with van der Waals surface area (Å²) in [5.74, 6) is 3.32. The molecule has 4 aliphatic rings. The van der Waals surface area contributed by atoms with Crippen LogP contribution in [0.1, 0.15) is 91.9 Å². The molecule has 0 nitrogen and oxygen atoms in total. The monoisotopic (exact) mass is 566 g/mol. The number of rotatable bonds is 5. The van der Waals surface area contributed by atoms with E-state index in [1.165, 1.54) is 51.4 Å². The number of allylic oxidation sites excluding steroid dienone is 8. The van der Waals surface area contributed by atoms with E-state index in [0.29, 0.717) is 0 Å². The van der Waals surface area contributed by atoms with Gasteiger partial charge in [0.05, 0.1) is 0 Å². The Morgan fingerprint density at radius 2 is 0.939 bits per heavy atom. The van der Waals surface area contributed by atoms with E-state index in [0.717, 1.165) is 36.5 Å². The van der Waals surface area contributed by atoms with Gasteiger partial charge in [-0.1, -0.05) is 87.1 Å². The summed E-state index contributed by atoms with van der Waals surface area (Å²) in [7, 11) is 0. The summed E-state index contributed by atoms with van der Waals surface area (Å²) in [5, 5.41) is 0. The maximum Gasteiger partial charge on any atom is 2.00 e. The van der Waals surface area contributed by atoms with E-state index in [9.17, 15) is 0 Å². The van der Waals surface area contributed by atoms with Gasteiger partial charge in [-0.05, 0) is 37.5 Å². The fourth-order valence-corrected chi connectivity index (χ4v) is 5.61. The number of unbranched alkanes of at least 4 members (excludes halogenated alkanes) is 1. The molecule has 188 valence electrons. The molecule has 0 aromatic carbocycles. The van der Waals surface area contributed by atoms with E-state index in [4.69, 9.17) is 0 Å². The van der Waals surface area contributed by atoms with Crippen LogP contribution >= 0.6 is 0 Å². The minimum absolute atomic E-state index is 0. The van der Waals surface area contributed by atoms with Crippen LogP contribution in [-0.4, -0.2) is 0 Å². The fraction of sp³-hybridized carbons (Fsp3) is 0.600. The predicted octanol–water partition coefficient (Wildman–Crippen LogP) is 3.25.